The fraction of sp³-hybridized carbons (Fsp3) is 0.526. The first-order chi connectivity index (χ1) is 12.9. The van der Waals surface area contributed by atoms with Crippen molar-refractivity contribution in [2.24, 2.45) is 0 Å². The number of benzene rings is 1. The predicted molar refractivity (Wildman–Crippen MR) is 97.2 cm³/mol. The number of aliphatic hydroxyl groups is 1. The van der Waals surface area contributed by atoms with E-state index in [0.717, 1.165) is 18.4 Å². The lowest BCUT2D eigenvalue weighted by molar-refractivity contribution is -0.154. The van der Waals surface area contributed by atoms with Crippen LogP contribution in [0.5, 0.6) is 0 Å². The Morgan fingerprint density at radius 1 is 1.00 bits per heavy atom. The number of likely N-dealkylation sites (tertiary alicyclic amines) is 2. The van der Waals surface area contributed by atoms with Crippen LogP contribution in [-0.2, 0) is 11.3 Å². The molecule has 2 saturated heterocycles. The van der Waals surface area contributed by atoms with Gasteiger partial charge in [-0.25, -0.2) is 9.59 Å². The summed E-state index contributed by atoms with van der Waals surface area (Å²) in [7, 11) is 0. The molecule has 27 heavy (non-hydrogen) atoms. The molecular formula is C19H25N3O5. The molecule has 1 aromatic rings. The highest BCUT2D eigenvalue weighted by atomic mass is 16.4. The summed E-state index contributed by atoms with van der Waals surface area (Å²) in [6.45, 7) is 2.05. The van der Waals surface area contributed by atoms with Gasteiger partial charge in [0, 0.05) is 26.2 Å². The normalized spacial score (nSPS) is 22.6. The second kappa shape index (κ2) is 7.96. The molecule has 0 saturated carbocycles. The van der Waals surface area contributed by atoms with Gasteiger partial charge in [0.1, 0.15) is 0 Å². The molecule has 0 radical (unpaired) electrons. The van der Waals surface area contributed by atoms with Gasteiger partial charge in [0.05, 0.1) is 12.1 Å². The van der Waals surface area contributed by atoms with E-state index in [1.807, 2.05) is 0 Å². The number of rotatable bonds is 4. The minimum Gasteiger partial charge on any atom is -0.478 e. The van der Waals surface area contributed by atoms with Crippen LogP contribution in [0.15, 0.2) is 24.3 Å². The van der Waals surface area contributed by atoms with E-state index in [1.165, 1.54) is 17.0 Å². The molecular weight excluding hydrogens is 350 g/mol. The van der Waals surface area contributed by atoms with Crippen molar-refractivity contribution in [2.45, 2.75) is 37.8 Å². The Morgan fingerprint density at radius 2 is 1.63 bits per heavy atom. The molecule has 2 aliphatic rings. The van der Waals surface area contributed by atoms with Gasteiger partial charge in [-0.15, -0.1) is 0 Å². The van der Waals surface area contributed by atoms with Gasteiger partial charge < -0.3 is 25.3 Å². The zero-order valence-electron chi connectivity index (χ0n) is 15.2. The van der Waals surface area contributed by atoms with Crippen molar-refractivity contribution in [1.29, 1.82) is 0 Å². The Hall–Kier alpha value is -2.61. The van der Waals surface area contributed by atoms with E-state index >= 15 is 0 Å². The number of hydrogen-bond acceptors (Lipinski definition) is 4. The average molecular weight is 375 g/mol. The highest BCUT2D eigenvalue weighted by Crippen LogP contribution is 2.25. The summed E-state index contributed by atoms with van der Waals surface area (Å²) in [6, 6.07) is 5.92. The van der Waals surface area contributed by atoms with Crippen LogP contribution >= 0.6 is 0 Å². The van der Waals surface area contributed by atoms with Gasteiger partial charge in [0.25, 0.3) is 5.91 Å². The Morgan fingerprint density at radius 3 is 2.26 bits per heavy atom. The lowest BCUT2D eigenvalue weighted by Crippen LogP contribution is -2.59. The van der Waals surface area contributed by atoms with Crippen molar-refractivity contribution in [1.82, 2.24) is 15.1 Å². The number of β-amino-alcohol motifs (C(OH)–C–C–N with tert-alkyl or cyclic N) is 1. The second-order valence-electron chi connectivity index (χ2n) is 7.22. The minimum absolute atomic E-state index is 0.00782. The smallest absolute Gasteiger partial charge is 0.335 e. The van der Waals surface area contributed by atoms with E-state index in [0.29, 0.717) is 32.5 Å². The van der Waals surface area contributed by atoms with E-state index in [9.17, 15) is 19.5 Å². The number of hydrogen-bond donors (Lipinski definition) is 3. The zero-order chi connectivity index (χ0) is 19.4. The maximum absolute atomic E-state index is 12.6. The Kier molecular flexibility index (Phi) is 5.65. The van der Waals surface area contributed by atoms with Crippen LogP contribution < -0.4 is 5.32 Å². The van der Waals surface area contributed by atoms with Crippen molar-refractivity contribution in [3.05, 3.63) is 35.4 Å². The van der Waals surface area contributed by atoms with Gasteiger partial charge in [-0.1, -0.05) is 12.1 Å². The molecule has 3 rings (SSSR count). The number of amides is 3. The fourth-order valence-electron chi connectivity index (χ4n) is 3.65. The van der Waals surface area contributed by atoms with Gasteiger partial charge >= 0.3 is 12.0 Å². The highest BCUT2D eigenvalue weighted by molar-refractivity contribution is 5.88. The molecule has 8 heteroatoms. The van der Waals surface area contributed by atoms with Crippen LogP contribution in [0.4, 0.5) is 4.79 Å². The third-order valence-electron chi connectivity index (χ3n) is 5.19. The van der Waals surface area contributed by atoms with Gasteiger partial charge in [-0.05, 0) is 43.4 Å². The first kappa shape index (κ1) is 19.2. The summed E-state index contributed by atoms with van der Waals surface area (Å²) in [4.78, 5) is 39.1. The third-order valence-corrected chi connectivity index (χ3v) is 5.19. The molecule has 0 aliphatic carbocycles. The van der Waals surface area contributed by atoms with Crippen LogP contribution in [-0.4, -0.2) is 69.7 Å². The lowest BCUT2D eigenvalue weighted by atomic mass is 9.91. The van der Waals surface area contributed by atoms with Crippen LogP contribution in [0, 0.1) is 0 Å². The molecule has 0 aromatic heterocycles. The maximum atomic E-state index is 12.6. The molecule has 1 atom stereocenters. The average Bonchev–Trinajstić information content (AvgIpc) is 3.20. The summed E-state index contributed by atoms with van der Waals surface area (Å²) >= 11 is 0. The molecule has 3 amide bonds. The summed E-state index contributed by atoms with van der Waals surface area (Å²) in [5.41, 5.74) is -0.552. The second-order valence-corrected chi connectivity index (χ2v) is 7.22. The topological polar surface area (TPSA) is 110 Å². The third kappa shape index (κ3) is 4.39. The van der Waals surface area contributed by atoms with Crippen molar-refractivity contribution < 1.29 is 24.6 Å². The molecule has 0 spiro atoms. The molecule has 1 aromatic carbocycles. The van der Waals surface area contributed by atoms with Crippen molar-refractivity contribution in [3.63, 3.8) is 0 Å². The zero-order valence-corrected chi connectivity index (χ0v) is 15.2. The summed E-state index contributed by atoms with van der Waals surface area (Å²) in [6.07, 6.45) is 2.83. The SMILES string of the molecule is O=C(O)c1ccc(CNC(=O)N2CCCC(O)(C(=O)N3CCCC3)C2)cc1. The lowest BCUT2D eigenvalue weighted by Gasteiger charge is -2.39. The van der Waals surface area contributed by atoms with Crippen LogP contribution in [0.25, 0.3) is 0 Å². The number of carbonyl (C=O) groups excluding carboxylic acids is 2. The number of aromatic carboxylic acids is 1. The predicted octanol–water partition coefficient (Wildman–Crippen LogP) is 1.04. The van der Waals surface area contributed by atoms with E-state index < -0.39 is 11.6 Å². The number of piperidine rings is 1. The molecule has 146 valence electrons. The number of carboxylic acid groups (broad SMARTS) is 1. The number of carboxylic acids is 1. The Labute approximate surface area is 157 Å². The van der Waals surface area contributed by atoms with Gasteiger partial charge in [-0.2, -0.15) is 0 Å². The van der Waals surface area contributed by atoms with Crippen molar-refractivity contribution >= 4 is 17.9 Å². The monoisotopic (exact) mass is 375 g/mol. The Balaban J connectivity index is 1.56. The molecule has 2 fully saturated rings. The summed E-state index contributed by atoms with van der Waals surface area (Å²) in [5.74, 6) is -1.28. The highest BCUT2D eigenvalue weighted by Gasteiger charge is 2.44. The first-order valence-electron chi connectivity index (χ1n) is 9.26. The van der Waals surface area contributed by atoms with Gasteiger partial charge in [0.15, 0.2) is 5.60 Å². The number of urea groups is 1. The van der Waals surface area contributed by atoms with Crippen molar-refractivity contribution in [2.75, 3.05) is 26.2 Å². The molecule has 2 aliphatic heterocycles. The van der Waals surface area contributed by atoms with Crippen LogP contribution in [0.2, 0.25) is 0 Å². The van der Waals surface area contributed by atoms with Crippen LogP contribution in [0.3, 0.4) is 0 Å². The van der Waals surface area contributed by atoms with Crippen molar-refractivity contribution in [3.8, 4) is 0 Å². The van der Waals surface area contributed by atoms with E-state index in [2.05, 4.69) is 5.32 Å². The number of nitrogens with zero attached hydrogens (tertiary/aromatic N) is 2. The van der Waals surface area contributed by atoms with E-state index in [4.69, 9.17) is 5.11 Å². The molecule has 2 heterocycles. The maximum Gasteiger partial charge on any atom is 0.335 e. The summed E-state index contributed by atoms with van der Waals surface area (Å²) in [5, 5.41) is 22.5. The summed E-state index contributed by atoms with van der Waals surface area (Å²) < 4.78 is 0. The first-order valence-corrected chi connectivity index (χ1v) is 9.26. The molecule has 8 nitrogen and oxygen atoms in total. The van der Waals surface area contributed by atoms with Gasteiger partial charge in [-0.3, -0.25) is 4.79 Å². The number of carbonyl (C=O) groups is 3. The standard InChI is InChI=1S/C19H25N3O5/c23-16(24)15-6-4-14(5-7-15)12-20-18(26)22-11-3-8-19(27,13-22)17(25)21-9-1-2-10-21/h4-7,27H,1-3,8-13H2,(H,20,26)(H,23,24). The quantitative estimate of drug-likeness (QED) is 0.728. The molecule has 1 unspecified atom stereocenters. The minimum atomic E-state index is -1.51. The van der Waals surface area contributed by atoms with E-state index in [1.54, 1.807) is 17.0 Å². The van der Waals surface area contributed by atoms with Gasteiger partial charge in [0.2, 0.25) is 0 Å². The largest absolute Gasteiger partial charge is 0.478 e. The molecule has 3 N–H and O–H groups in total. The van der Waals surface area contributed by atoms with Crippen LogP contribution in [0.1, 0.15) is 41.6 Å². The fourth-order valence-corrected chi connectivity index (χ4v) is 3.65. The number of nitrogens with one attached hydrogen (secondary N) is 1. The van der Waals surface area contributed by atoms with E-state index in [-0.39, 0.29) is 30.6 Å². The Bertz CT molecular complexity index is 715. The molecule has 0 bridgehead atoms.